The first-order valence-electron chi connectivity index (χ1n) is 9.49. The van der Waals surface area contributed by atoms with Crippen LogP contribution in [0.1, 0.15) is 31.4 Å². The second-order valence-corrected chi connectivity index (χ2v) is 7.18. The third-order valence-corrected chi connectivity index (χ3v) is 4.97. The fourth-order valence-corrected chi connectivity index (χ4v) is 3.57. The van der Waals surface area contributed by atoms with Crippen LogP contribution in [0.15, 0.2) is 47.4 Å². The van der Waals surface area contributed by atoms with Crippen molar-refractivity contribution in [2.45, 2.75) is 44.0 Å². The Balaban J connectivity index is 1.80. The minimum atomic E-state index is 0.347. The molecular formula is C21H30N2O4S. The molecule has 154 valence electrons. The summed E-state index contributed by atoms with van der Waals surface area (Å²) in [5.41, 5.74) is 2.45. The summed E-state index contributed by atoms with van der Waals surface area (Å²) >= 11 is 1.03. The van der Waals surface area contributed by atoms with Crippen LogP contribution in [-0.4, -0.2) is 26.3 Å². The second-order valence-electron chi connectivity index (χ2n) is 6.44. The number of para-hydroxylation sites is 1. The average molecular weight is 407 g/mol. The lowest BCUT2D eigenvalue weighted by atomic mass is 10.1. The molecule has 28 heavy (non-hydrogen) atoms. The molecule has 0 bridgehead atoms. The normalized spacial score (nSPS) is 12.0. The molecule has 0 radical (unpaired) electrons. The Morgan fingerprint density at radius 2 is 1.96 bits per heavy atom. The maximum absolute atomic E-state index is 5.69. The highest BCUT2D eigenvalue weighted by Gasteiger charge is 2.10. The first-order chi connectivity index (χ1) is 13.7. The van der Waals surface area contributed by atoms with Crippen molar-refractivity contribution >= 4 is 12.0 Å². The molecule has 7 heteroatoms. The van der Waals surface area contributed by atoms with E-state index < -0.39 is 0 Å². The van der Waals surface area contributed by atoms with E-state index in [4.69, 9.17) is 19.7 Å². The van der Waals surface area contributed by atoms with Gasteiger partial charge >= 0.3 is 0 Å². The van der Waals surface area contributed by atoms with Gasteiger partial charge in [0.2, 0.25) is 0 Å². The Morgan fingerprint density at radius 1 is 1.14 bits per heavy atom. The summed E-state index contributed by atoms with van der Waals surface area (Å²) in [5, 5.41) is 3.59. The molecule has 2 aromatic carbocycles. The van der Waals surface area contributed by atoms with Crippen molar-refractivity contribution in [1.29, 1.82) is 0 Å². The third-order valence-electron chi connectivity index (χ3n) is 4.32. The molecule has 0 spiro atoms. The summed E-state index contributed by atoms with van der Waals surface area (Å²) < 4.78 is 15.8. The number of methoxy groups -OCH3 is 1. The van der Waals surface area contributed by atoms with E-state index in [9.17, 15) is 0 Å². The molecule has 1 unspecified atom stereocenters. The van der Waals surface area contributed by atoms with Gasteiger partial charge in [0.15, 0.2) is 0 Å². The monoisotopic (exact) mass is 406 g/mol. The highest BCUT2D eigenvalue weighted by atomic mass is 32.2. The minimum absolute atomic E-state index is 0.347. The molecule has 2 aromatic rings. The molecule has 0 fully saturated rings. The standard InChI is InChI=1S/C21H30N2O4S/c1-4-25-19-10-6-5-8-18(19)9-7-13-23-16(2)14-17-11-12-20(24-3)21(15-17)28-27-26-22/h5-6,8,10-12,15-16,23H,4,7,9,13-14,22H2,1-3H3. The number of aryl methyl sites for hydroxylation is 1. The summed E-state index contributed by atoms with van der Waals surface area (Å²) in [6.45, 7) is 5.84. The summed E-state index contributed by atoms with van der Waals surface area (Å²) in [7, 11) is 1.62. The van der Waals surface area contributed by atoms with Gasteiger partial charge in [-0.2, -0.15) is 5.90 Å². The van der Waals surface area contributed by atoms with Crippen molar-refractivity contribution in [1.82, 2.24) is 5.32 Å². The molecule has 3 N–H and O–H groups in total. The predicted molar refractivity (Wildman–Crippen MR) is 112 cm³/mol. The summed E-state index contributed by atoms with van der Waals surface area (Å²) in [6.07, 6.45) is 2.95. The van der Waals surface area contributed by atoms with E-state index in [-0.39, 0.29) is 0 Å². The maximum atomic E-state index is 5.69. The zero-order valence-electron chi connectivity index (χ0n) is 16.8. The highest BCUT2D eigenvalue weighted by molar-refractivity contribution is 7.94. The Kier molecular flexibility index (Phi) is 10.2. The van der Waals surface area contributed by atoms with Gasteiger partial charge in [0, 0.05) is 6.04 Å². The average Bonchev–Trinajstić information content (AvgIpc) is 2.71. The van der Waals surface area contributed by atoms with Gasteiger partial charge in [-0.3, -0.25) is 0 Å². The quantitative estimate of drug-likeness (QED) is 0.225. The highest BCUT2D eigenvalue weighted by Crippen LogP contribution is 2.31. The van der Waals surface area contributed by atoms with Gasteiger partial charge in [0.25, 0.3) is 0 Å². The Labute approximate surface area is 171 Å². The number of ether oxygens (including phenoxy) is 2. The van der Waals surface area contributed by atoms with E-state index in [1.54, 1.807) is 7.11 Å². The molecular weight excluding hydrogens is 376 g/mol. The van der Waals surface area contributed by atoms with Crippen LogP contribution in [0.5, 0.6) is 11.5 Å². The van der Waals surface area contributed by atoms with Crippen molar-refractivity contribution < 1.29 is 18.8 Å². The summed E-state index contributed by atoms with van der Waals surface area (Å²) in [6, 6.07) is 14.6. The molecule has 0 aromatic heterocycles. The van der Waals surface area contributed by atoms with E-state index in [1.165, 1.54) is 11.1 Å². The van der Waals surface area contributed by atoms with Crippen molar-refractivity contribution in [3.8, 4) is 11.5 Å². The van der Waals surface area contributed by atoms with Gasteiger partial charge in [-0.1, -0.05) is 24.3 Å². The number of nitrogens with one attached hydrogen (secondary N) is 1. The van der Waals surface area contributed by atoms with Crippen LogP contribution in [0.4, 0.5) is 0 Å². The van der Waals surface area contributed by atoms with Crippen LogP contribution in [0.2, 0.25) is 0 Å². The number of benzene rings is 2. The number of rotatable bonds is 13. The molecule has 0 aliphatic heterocycles. The van der Waals surface area contributed by atoms with Crippen LogP contribution in [0, 0.1) is 0 Å². The summed E-state index contributed by atoms with van der Waals surface area (Å²) in [4.78, 5) is 5.00. The molecule has 0 aliphatic rings. The first kappa shape index (κ1) is 22.5. The zero-order chi connectivity index (χ0) is 20.2. The van der Waals surface area contributed by atoms with Crippen LogP contribution in [-0.2, 0) is 22.2 Å². The fourth-order valence-electron chi connectivity index (χ4n) is 3.03. The molecule has 0 saturated heterocycles. The lowest BCUT2D eigenvalue weighted by Gasteiger charge is -2.16. The smallest absolute Gasteiger partial charge is 0.134 e. The van der Waals surface area contributed by atoms with Gasteiger partial charge in [0.05, 0.1) is 30.7 Å². The van der Waals surface area contributed by atoms with E-state index >= 15 is 0 Å². The number of hydrogen-bond acceptors (Lipinski definition) is 7. The molecule has 0 saturated carbocycles. The SMILES string of the molecule is CCOc1ccccc1CCCNC(C)Cc1ccc(OC)c(SOON)c1. The van der Waals surface area contributed by atoms with Crippen molar-refractivity contribution in [3.63, 3.8) is 0 Å². The van der Waals surface area contributed by atoms with Crippen LogP contribution >= 0.6 is 12.0 Å². The second kappa shape index (κ2) is 12.6. The van der Waals surface area contributed by atoms with Gasteiger partial charge in [-0.25, -0.2) is 0 Å². The lowest BCUT2D eigenvalue weighted by Crippen LogP contribution is -2.29. The van der Waals surface area contributed by atoms with Crippen molar-refractivity contribution in [2.24, 2.45) is 5.90 Å². The molecule has 6 nitrogen and oxygen atoms in total. The van der Waals surface area contributed by atoms with E-state index in [0.717, 1.165) is 54.2 Å². The Morgan fingerprint density at radius 3 is 2.71 bits per heavy atom. The topological polar surface area (TPSA) is 75.0 Å². The summed E-state index contributed by atoms with van der Waals surface area (Å²) in [5.74, 6) is 6.63. The Bertz CT molecular complexity index is 715. The first-order valence-corrected chi connectivity index (χ1v) is 10.2. The van der Waals surface area contributed by atoms with Crippen molar-refractivity contribution in [3.05, 3.63) is 53.6 Å². The minimum Gasteiger partial charge on any atom is -0.495 e. The maximum Gasteiger partial charge on any atom is 0.134 e. The van der Waals surface area contributed by atoms with E-state index in [1.807, 2.05) is 31.2 Å². The van der Waals surface area contributed by atoms with Gasteiger partial charge in [-0.05, 0) is 69.0 Å². The lowest BCUT2D eigenvalue weighted by molar-refractivity contribution is -0.195. The molecule has 0 aliphatic carbocycles. The van der Waals surface area contributed by atoms with E-state index in [0.29, 0.717) is 12.6 Å². The molecule has 2 rings (SSSR count). The van der Waals surface area contributed by atoms with Gasteiger partial charge in [0.1, 0.15) is 11.5 Å². The number of nitrogens with two attached hydrogens (primary N) is 1. The van der Waals surface area contributed by atoms with Gasteiger partial charge in [-0.15, -0.1) is 9.32 Å². The van der Waals surface area contributed by atoms with E-state index in [2.05, 4.69) is 35.4 Å². The van der Waals surface area contributed by atoms with Crippen LogP contribution < -0.4 is 20.7 Å². The molecule has 0 amide bonds. The van der Waals surface area contributed by atoms with Gasteiger partial charge < -0.3 is 14.8 Å². The Hall–Kier alpha value is -1.77. The van der Waals surface area contributed by atoms with Crippen LogP contribution in [0.25, 0.3) is 0 Å². The molecule has 1 atom stereocenters. The third kappa shape index (κ3) is 7.33. The largest absolute Gasteiger partial charge is 0.495 e. The number of hydrogen-bond donors (Lipinski definition) is 2. The zero-order valence-corrected chi connectivity index (χ0v) is 17.6. The predicted octanol–water partition coefficient (Wildman–Crippen LogP) is 4.08. The molecule has 0 heterocycles. The fraction of sp³-hybridized carbons (Fsp3) is 0.429. The van der Waals surface area contributed by atoms with Crippen LogP contribution in [0.3, 0.4) is 0 Å². The van der Waals surface area contributed by atoms with Crippen molar-refractivity contribution in [2.75, 3.05) is 20.3 Å².